The van der Waals surface area contributed by atoms with E-state index < -0.39 is 0 Å². The van der Waals surface area contributed by atoms with E-state index >= 15 is 0 Å². The second kappa shape index (κ2) is 5.30. The largest absolute Gasteiger partial charge is 0.324 e. The number of hydrogen-bond donors (Lipinski definition) is 1. The molecule has 3 aromatic rings. The maximum Gasteiger partial charge on any atom is 0.257 e. The summed E-state index contributed by atoms with van der Waals surface area (Å²) in [6.45, 7) is 1.96. The van der Waals surface area contributed by atoms with Crippen LogP contribution in [-0.2, 0) is 0 Å². The highest BCUT2D eigenvalue weighted by Crippen LogP contribution is 2.18. The van der Waals surface area contributed by atoms with Gasteiger partial charge >= 0.3 is 0 Å². The van der Waals surface area contributed by atoms with Crippen LogP contribution in [0.3, 0.4) is 0 Å². The zero-order valence-electron chi connectivity index (χ0n) is 10.9. The van der Waals surface area contributed by atoms with Crippen LogP contribution in [0.2, 0.25) is 0 Å². The summed E-state index contributed by atoms with van der Waals surface area (Å²) < 4.78 is 1.96. The van der Waals surface area contributed by atoms with Gasteiger partial charge in [-0.05, 0) is 37.3 Å². The summed E-state index contributed by atoms with van der Waals surface area (Å²) in [5.41, 5.74) is 1.57. The third-order valence-electron chi connectivity index (χ3n) is 2.85. The minimum atomic E-state index is -0.145. The molecule has 100 valence electrons. The second-order valence-corrected chi connectivity index (χ2v) is 5.61. The summed E-state index contributed by atoms with van der Waals surface area (Å²) in [5, 5.41) is 3.43. The van der Waals surface area contributed by atoms with Crippen LogP contribution in [0.15, 0.2) is 55.0 Å². The number of carbonyl (C=O) groups is 1. The number of amides is 1. The summed E-state index contributed by atoms with van der Waals surface area (Å²) in [6, 6.07) is 11.4. The molecule has 5 heteroatoms. The van der Waals surface area contributed by atoms with Crippen LogP contribution in [-0.4, -0.2) is 15.5 Å². The molecule has 0 saturated heterocycles. The number of aryl methyl sites for hydroxylation is 1. The van der Waals surface area contributed by atoms with Gasteiger partial charge in [-0.1, -0.05) is 6.07 Å². The van der Waals surface area contributed by atoms with Crippen LogP contribution in [0.4, 0.5) is 5.13 Å². The van der Waals surface area contributed by atoms with Crippen molar-refractivity contribution in [3.63, 3.8) is 0 Å². The van der Waals surface area contributed by atoms with Crippen LogP contribution in [0.25, 0.3) is 5.69 Å². The molecule has 0 saturated carbocycles. The van der Waals surface area contributed by atoms with E-state index in [1.807, 2.05) is 54.2 Å². The fourth-order valence-corrected chi connectivity index (χ4v) is 2.56. The highest BCUT2D eigenvalue weighted by molar-refractivity contribution is 7.15. The molecule has 1 amide bonds. The summed E-state index contributed by atoms with van der Waals surface area (Å²) in [5.74, 6) is -0.145. The van der Waals surface area contributed by atoms with Gasteiger partial charge < -0.3 is 4.57 Å². The Morgan fingerprint density at radius 3 is 2.75 bits per heavy atom. The smallest absolute Gasteiger partial charge is 0.257 e. The van der Waals surface area contributed by atoms with Crippen molar-refractivity contribution in [2.45, 2.75) is 6.92 Å². The lowest BCUT2D eigenvalue weighted by atomic mass is 10.2. The van der Waals surface area contributed by atoms with E-state index in [0.717, 1.165) is 10.6 Å². The van der Waals surface area contributed by atoms with Gasteiger partial charge in [-0.3, -0.25) is 10.1 Å². The predicted molar refractivity (Wildman–Crippen MR) is 80.6 cm³/mol. The van der Waals surface area contributed by atoms with E-state index in [9.17, 15) is 4.79 Å². The quantitative estimate of drug-likeness (QED) is 0.799. The molecule has 0 spiro atoms. The van der Waals surface area contributed by atoms with Gasteiger partial charge in [0.25, 0.3) is 5.91 Å². The Bertz CT molecular complexity index is 731. The van der Waals surface area contributed by atoms with Crippen molar-refractivity contribution in [1.29, 1.82) is 0 Å². The van der Waals surface area contributed by atoms with E-state index in [1.54, 1.807) is 12.3 Å². The summed E-state index contributed by atoms with van der Waals surface area (Å²) in [4.78, 5) is 17.4. The molecular formula is C15H13N3OS. The van der Waals surface area contributed by atoms with E-state index in [4.69, 9.17) is 0 Å². The first-order valence-corrected chi connectivity index (χ1v) is 7.01. The number of hydrogen-bond acceptors (Lipinski definition) is 3. The molecule has 4 nitrogen and oxygen atoms in total. The molecule has 2 heterocycles. The Labute approximate surface area is 120 Å². The number of thiazole rings is 1. The Morgan fingerprint density at radius 1 is 1.25 bits per heavy atom. The third kappa shape index (κ3) is 2.62. The monoisotopic (exact) mass is 283 g/mol. The number of carbonyl (C=O) groups excluding carboxylic acids is 1. The minimum Gasteiger partial charge on any atom is -0.324 e. The second-order valence-electron chi connectivity index (χ2n) is 4.37. The maximum atomic E-state index is 12.2. The van der Waals surface area contributed by atoms with Gasteiger partial charge in [-0.2, -0.15) is 0 Å². The first kappa shape index (κ1) is 12.6. The van der Waals surface area contributed by atoms with Crippen molar-refractivity contribution in [2.75, 3.05) is 5.32 Å². The number of benzene rings is 1. The van der Waals surface area contributed by atoms with Gasteiger partial charge in [-0.25, -0.2) is 4.98 Å². The highest BCUT2D eigenvalue weighted by Gasteiger charge is 2.09. The van der Waals surface area contributed by atoms with Gasteiger partial charge in [0.05, 0.1) is 0 Å². The first-order chi connectivity index (χ1) is 9.72. The van der Waals surface area contributed by atoms with Crippen molar-refractivity contribution >= 4 is 22.4 Å². The normalized spacial score (nSPS) is 10.4. The topological polar surface area (TPSA) is 46.9 Å². The number of aromatic nitrogens is 2. The van der Waals surface area contributed by atoms with Crippen molar-refractivity contribution in [3.8, 4) is 5.69 Å². The SMILES string of the molecule is Cc1cnc(NC(=O)c2cccc(-n3cccc3)c2)s1. The summed E-state index contributed by atoms with van der Waals surface area (Å²) in [6.07, 6.45) is 5.64. The molecule has 0 atom stereocenters. The van der Waals surface area contributed by atoms with E-state index in [2.05, 4.69) is 10.3 Å². The molecule has 3 rings (SSSR count). The van der Waals surface area contributed by atoms with Gasteiger partial charge in [0.2, 0.25) is 0 Å². The Balaban J connectivity index is 1.83. The van der Waals surface area contributed by atoms with Crippen LogP contribution in [0.5, 0.6) is 0 Å². The number of nitrogens with zero attached hydrogens (tertiary/aromatic N) is 2. The van der Waals surface area contributed by atoms with Crippen molar-refractivity contribution < 1.29 is 4.79 Å². The highest BCUT2D eigenvalue weighted by atomic mass is 32.1. The molecule has 1 aromatic carbocycles. The molecule has 2 aromatic heterocycles. The zero-order valence-corrected chi connectivity index (χ0v) is 11.7. The van der Waals surface area contributed by atoms with Crippen molar-refractivity contribution in [2.24, 2.45) is 0 Å². The third-order valence-corrected chi connectivity index (χ3v) is 3.68. The van der Waals surface area contributed by atoms with Crippen LogP contribution >= 0.6 is 11.3 Å². The lowest BCUT2D eigenvalue weighted by Gasteiger charge is -2.06. The molecule has 0 bridgehead atoms. The fraction of sp³-hybridized carbons (Fsp3) is 0.0667. The lowest BCUT2D eigenvalue weighted by molar-refractivity contribution is 0.102. The minimum absolute atomic E-state index is 0.145. The maximum absolute atomic E-state index is 12.2. The number of rotatable bonds is 3. The summed E-state index contributed by atoms with van der Waals surface area (Å²) >= 11 is 1.46. The molecule has 0 fully saturated rings. The average Bonchev–Trinajstić information content (AvgIpc) is 3.11. The van der Waals surface area contributed by atoms with Gasteiger partial charge in [-0.15, -0.1) is 11.3 Å². The van der Waals surface area contributed by atoms with E-state index in [0.29, 0.717) is 10.7 Å². The predicted octanol–water partition coefficient (Wildman–Crippen LogP) is 3.49. The number of anilines is 1. The van der Waals surface area contributed by atoms with E-state index in [-0.39, 0.29) is 5.91 Å². The molecule has 20 heavy (non-hydrogen) atoms. The van der Waals surface area contributed by atoms with E-state index in [1.165, 1.54) is 11.3 Å². The molecule has 0 aliphatic carbocycles. The van der Waals surface area contributed by atoms with Gasteiger partial charge in [0.1, 0.15) is 0 Å². The van der Waals surface area contributed by atoms with Crippen molar-refractivity contribution in [3.05, 3.63) is 65.4 Å². The lowest BCUT2D eigenvalue weighted by Crippen LogP contribution is -2.11. The van der Waals surface area contributed by atoms with Crippen molar-refractivity contribution in [1.82, 2.24) is 9.55 Å². The van der Waals surface area contributed by atoms with Crippen LogP contribution in [0, 0.1) is 6.92 Å². The molecule has 0 aliphatic heterocycles. The Kier molecular flexibility index (Phi) is 3.35. The standard InChI is InChI=1S/C15H13N3OS/c1-11-10-16-15(20-11)17-14(19)12-5-4-6-13(9-12)18-7-2-3-8-18/h2-10H,1H3,(H,16,17,19). The molecule has 0 unspecified atom stereocenters. The molecular weight excluding hydrogens is 270 g/mol. The zero-order chi connectivity index (χ0) is 13.9. The van der Waals surface area contributed by atoms with Gasteiger partial charge in [0.15, 0.2) is 5.13 Å². The van der Waals surface area contributed by atoms with Crippen LogP contribution < -0.4 is 5.32 Å². The van der Waals surface area contributed by atoms with Gasteiger partial charge in [0, 0.05) is 34.7 Å². The fourth-order valence-electron chi connectivity index (χ4n) is 1.90. The number of nitrogens with one attached hydrogen (secondary N) is 1. The average molecular weight is 283 g/mol. The molecule has 1 N–H and O–H groups in total. The Hall–Kier alpha value is -2.40. The Morgan fingerprint density at radius 2 is 2.05 bits per heavy atom. The summed E-state index contributed by atoms with van der Waals surface area (Å²) in [7, 11) is 0. The van der Waals surface area contributed by atoms with Crippen LogP contribution in [0.1, 0.15) is 15.2 Å². The first-order valence-electron chi connectivity index (χ1n) is 6.19. The molecule has 0 aliphatic rings. The molecule has 0 radical (unpaired) electrons.